The largest absolute Gasteiger partial charge is 0.340 e. The second kappa shape index (κ2) is 8.92. The number of benzene rings is 1. The number of carbonyl (C=O) groups is 2. The predicted molar refractivity (Wildman–Crippen MR) is 85.5 cm³/mol. The third kappa shape index (κ3) is 5.22. The molecule has 1 aromatic rings. The minimum atomic E-state index is -0.647. The van der Waals surface area contributed by atoms with Crippen molar-refractivity contribution in [2.24, 2.45) is 0 Å². The first-order valence-electron chi connectivity index (χ1n) is 6.37. The Morgan fingerprint density at radius 1 is 1.43 bits per heavy atom. The molecule has 0 spiro atoms. The molecule has 0 saturated carbocycles. The van der Waals surface area contributed by atoms with Gasteiger partial charge in [-0.25, -0.2) is 5.06 Å². The second-order valence-electron chi connectivity index (χ2n) is 4.31. The first kappa shape index (κ1) is 17.8. The van der Waals surface area contributed by atoms with E-state index in [0.29, 0.717) is 17.0 Å². The van der Waals surface area contributed by atoms with Crippen LogP contribution in [0.4, 0.5) is 0 Å². The van der Waals surface area contributed by atoms with Crippen molar-refractivity contribution in [1.29, 1.82) is 0 Å². The number of amides is 2. The highest BCUT2D eigenvalue weighted by molar-refractivity contribution is 7.98. The van der Waals surface area contributed by atoms with Crippen molar-refractivity contribution >= 4 is 35.2 Å². The van der Waals surface area contributed by atoms with Crippen LogP contribution in [-0.2, 0) is 9.63 Å². The Morgan fingerprint density at radius 3 is 2.67 bits per heavy atom. The van der Waals surface area contributed by atoms with Crippen molar-refractivity contribution in [1.82, 2.24) is 10.4 Å². The lowest BCUT2D eigenvalue weighted by Crippen LogP contribution is -2.47. The number of nitrogens with zero attached hydrogens (tertiary/aromatic N) is 1. The fraction of sp³-hybridized carbons (Fsp3) is 0.429. The van der Waals surface area contributed by atoms with Crippen molar-refractivity contribution in [3.63, 3.8) is 0 Å². The zero-order valence-electron chi connectivity index (χ0n) is 12.3. The van der Waals surface area contributed by atoms with Gasteiger partial charge in [0.05, 0.1) is 17.7 Å². The molecule has 0 fully saturated rings. The molecule has 1 rings (SSSR count). The smallest absolute Gasteiger partial charge is 0.268 e. The van der Waals surface area contributed by atoms with Crippen LogP contribution in [0.3, 0.4) is 0 Å². The minimum Gasteiger partial charge on any atom is -0.340 e. The van der Waals surface area contributed by atoms with E-state index in [2.05, 4.69) is 5.32 Å². The van der Waals surface area contributed by atoms with Crippen LogP contribution in [0.1, 0.15) is 16.8 Å². The van der Waals surface area contributed by atoms with E-state index >= 15 is 0 Å². The van der Waals surface area contributed by atoms with Crippen LogP contribution >= 0.6 is 23.4 Å². The Balaban J connectivity index is 2.83. The molecule has 0 aliphatic carbocycles. The van der Waals surface area contributed by atoms with Crippen LogP contribution in [0.5, 0.6) is 0 Å². The van der Waals surface area contributed by atoms with Gasteiger partial charge in [-0.2, -0.15) is 11.8 Å². The first-order chi connectivity index (χ1) is 10.0. The third-order valence-electron chi connectivity index (χ3n) is 2.92. The molecule has 0 aliphatic heterocycles. The molecule has 0 bridgehead atoms. The van der Waals surface area contributed by atoms with E-state index in [9.17, 15) is 9.59 Å². The molecule has 1 N–H and O–H groups in total. The van der Waals surface area contributed by atoms with Gasteiger partial charge in [0.15, 0.2) is 0 Å². The molecule has 5 nitrogen and oxygen atoms in total. The topological polar surface area (TPSA) is 58.6 Å². The van der Waals surface area contributed by atoms with Gasteiger partial charge in [-0.05, 0) is 30.6 Å². The van der Waals surface area contributed by atoms with Crippen molar-refractivity contribution < 1.29 is 14.4 Å². The number of nitrogens with one attached hydrogen (secondary N) is 1. The standard InChI is InChI=1S/C14H19ClN2O3S/c1-17(20-2)14(19)12(8-9-21-3)16-13(18)10-6-4-5-7-11(10)15/h4-7,12H,8-9H2,1-3H3,(H,16,18). The summed E-state index contributed by atoms with van der Waals surface area (Å²) >= 11 is 7.60. The Kier molecular flexibility index (Phi) is 7.56. The number of hydrogen-bond donors (Lipinski definition) is 1. The highest BCUT2D eigenvalue weighted by atomic mass is 35.5. The maximum absolute atomic E-state index is 12.2. The van der Waals surface area contributed by atoms with E-state index in [4.69, 9.17) is 16.4 Å². The SMILES string of the molecule is CON(C)C(=O)C(CCSC)NC(=O)c1ccccc1Cl. The molecule has 1 aromatic carbocycles. The second-order valence-corrected chi connectivity index (χ2v) is 5.70. The number of rotatable bonds is 7. The summed E-state index contributed by atoms with van der Waals surface area (Å²) in [5, 5.41) is 4.18. The number of thioether (sulfide) groups is 1. The van der Waals surface area contributed by atoms with E-state index in [1.54, 1.807) is 36.0 Å². The summed E-state index contributed by atoms with van der Waals surface area (Å²) < 4.78 is 0. The van der Waals surface area contributed by atoms with Crippen molar-refractivity contribution in [3.05, 3.63) is 34.9 Å². The minimum absolute atomic E-state index is 0.299. The van der Waals surface area contributed by atoms with Gasteiger partial charge in [-0.1, -0.05) is 23.7 Å². The molecule has 0 aliphatic rings. The maximum Gasteiger partial charge on any atom is 0.268 e. The molecule has 1 atom stereocenters. The first-order valence-corrected chi connectivity index (χ1v) is 8.14. The molecular formula is C14H19ClN2O3S. The molecule has 7 heteroatoms. The molecule has 21 heavy (non-hydrogen) atoms. The lowest BCUT2D eigenvalue weighted by molar-refractivity contribution is -0.170. The number of hydrogen-bond acceptors (Lipinski definition) is 4. The summed E-state index contributed by atoms with van der Waals surface area (Å²) in [5.41, 5.74) is 0.348. The number of hydroxylamine groups is 2. The highest BCUT2D eigenvalue weighted by Gasteiger charge is 2.25. The molecule has 2 amide bonds. The lowest BCUT2D eigenvalue weighted by atomic mass is 10.1. The quantitative estimate of drug-likeness (QED) is 0.779. The average molecular weight is 331 g/mol. The number of likely N-dealkylation sites (N-methyl/N-ethyl adjacent to an activating group) is 1. The van der Waals surface area contributed by atoms with Gasteiger partial charge in [0.1, 0.15) is 6.04 Å². The van der Waals surface area contributed by atoms with E-state index in [1.807, 2.05) is 6.26 Å². The number of halogens is 1. The zero-order chi connectivity index (χ0) is 15.8. The molecule has 0 heterocycles. The summed E-state index contributed by atoms with van der Waals surface area (Å²) in [5.74, 6) is 0.0769. The van der Waals surface area contributed by atoms with Crippen LogP contribution in [0, 0.1) is 0 Å². The lowest BCUT2D eigenvalue weighted by Gasteiger charge is -2.22. The van der Waals surface area contributed by atoms with Crippen LogP contribution in [0.25, 0.3) is 0 Å². The van der Waals surface area contributed by atoms with Gasteiger partial charge >= 0.3 is 0 Å². The Morgan fingerprint density at radius 2 is 2.10 bits per heavy atom. The highest BCUT2D eigenvalue weighted by Crippen LogP contribution is 2.15. The van der Waals surface area contributed by atoms with Crippen LogP contribution < -0.4 is 5.32 Å². The van der Waals surface area contributed by atoms with Gasteiger partial charge < -0.3 is 5.32 Å². The number of carbonyl (C=O) groups excluding carboxylic acids is 2. The molecule has 0 radical (unpaired) electrons. The van der Waals surface area contributed by atoms with E-state index < -0.39 is 6.04 Å². The van der Waals surface area contributed by atoms with E-state index in [1.165, 1.54) is 14.2 Å². The van der Waals surface area contributed by atoms with Gasteiger partial charge in [0.25, 0.3) is 11.8 Å². The van der Waals surface area contributed by atoms with Crippen molar-refractivity contribution in [2.45, 2.75) is 12.5 Å². The Hall–Kier alpha value is -1.24. The van der Waals surface area contributed by atoms with E-state index in [0.717, 1.165) is 10.8 Å². The summed E-state index contributed by atoms with van der Waals surface area (Å²) in [6.45, 7) is 0. The Labute approximate surface area is 133 Å². The molecular weight excluding hydrogens is 312 g/mol. The van der Waals surface area contributed by atoms with Crippen LogP contribution in [0.15, 0.2) is 24.3 Å². The third-order valence-corrected chi connectivity index (χ3v) is 3.89. The normalized spacial score (nSPS) is 11.8. The van der Waals surface area contributed by atoms with Gasteiger partial charge in [-0.3, -0.25) is 14.4 Å². The fourth-order valence-electron chi connectivity index (χ4n) is 1.68. The zero-order valence-corrected chi connectivity index (χ0v) is 13.8. The van der Waals surface area contributed by atoms with Crippen molar-refractivity contribution in [3.8, 4) is 0 Å². The van der Waals surface area contributed by atoms with Gasteiger partial charge in [0, 0.05) is 7.05 Å². The van der Waals surface area contributed by atoms with Crippen LogP contribution in [-0.4, -0.2) is 49.1 Å². The summed E-state index contributed by atoms with van der Waals surface area (Å²) in [6, 6.07) is 6.07. The maximum atomic E-state index is 12.2. The molecule has 116 valence electrons. The van der Waals surface area contributed by atoms with Gasteiger partial charge in [0.2, 0.25) is 0 Å². The predicted octanol–water partition coefficient (Wildman–Crippen LogP) is 2.21. The molecule has 1 unspecified atom stereocenters. The summed E-state index contributed by atoms with van der Waals surface area (Å²) in [4.78, 5) is 29.3. The average Bonchev–Trinajstić information content (AvgIpc) is 2.50. The van der Waals surface area contributed by atoms with Crippen LogP contribution in [0.2, 0.25) is 5.02 Å². The fourth-order valence-corrected chi connectivity index (χ4v) is 2.38. The molecule has 0 saturated heterocycles. The summed E-state index contributed by atoms with van der Waals surface area (Å²) in [7, 11) is 2.91. The Bertz CT molecular complexity index is 499. The summed E-state index contributed by atoms with van der Waals surface area (Å²) in [6.07, 6.45) is 2.46. The van der Waals surface area contributed by atoms with Gasteiger partial charge in [-0.15, -0.1) is 0 Å². The monoisotopic (exact) mass is 330 g/mol. The van der Waals surface area contributed by atoms with E-state index in [-0.39, 0.29) is 11.8 Å². The van der Waals surface area contributed by atoms with Crippen molar-refractivity contribution in [2.75, 3.05) is 26.2 Å². The molecule has 0 aromatic heterocycles.